The molecule has 0 aliphatic rings. The van der Waals surface area contributed by atoms with E-state index in [1.165, 1.54) is 0 Å². The first-order valence-corrected chi connectivity index (χ1v) is 6.80. The fourth-order valence-corrected chi connectivity index (χ4v) is 2.00. The molecule has 4 nitrogen and oxygen atoms in total. The molecule has 1 aromatic heterocycles. The van der Waals surface area contributed by atoms with E-state index in [-0.39, 0.29) is 11.0 Å². The summed E-state index contributed by atoms with van der Waals surface area (Å²) < 4.78 is 2.00. The Morgan fingerprint density at radius 1 is 1.11 bits per heavy atom. The maximum atomic E-state index is 4.26. The summed E-state index contributed by atoms with van der Waals surface area (Å²) in [7, 11) is 0. The molecule has 19 heavy (non-hydrogen) atoms. The van der Waals surface area contributed by atoms with Gasteiger partial charge in [-0.1, -0.05) is 31.2 Å². The number of nitrogens with one attached hydrogen (secondary N) is 1. The molecule has 2 rings (SSSR count). The third kappa shape index (κ3) is 3.77. The van der Waals surface area contributed by atoms with Gasteiger partial charge in [0, 0.05) is 18.6 Å². The maximum Gasteiger partial charge on any atom is 0.113 e. The van der Waals surface area contributed by atoms with E-state index in [0.717, 1.165) is 24.1 Å². The van der Waals surface area contributed by atoms with Gasteiger partial charge in [0.15, 0.2) is 0 Å². The molecule has 0 aliphatic heterocycles. The average Bonchev–Trinajstić information content (AvgIpc) is 2.69. The normalized spacial score (nSPS) is 13.1. The van der Waals surface area contributed by atoms with Gasteiger partial charge >= 0.3 is 0 Å². The van der Waals surface area contributed by atoms with Crippen molar-refractivity contribution >= 4 is 11.0 Å². The smallest absolute Gasteiger partial charge is 0.113 e. The summed E-state index contributed by atoms with van der Waals surface area (Å²) in [6.45, 7) is 12.9. The van der Waals surface area contributed by atoms with Gasteiger partial charge < -0.3 is 5.32 Å². The van der Waals surface area contributed by atoms with Gasteiger partial charge in [-0.05, 0) is 38.3 Å². The second-order valence-corrected chi connectivity index (χ2v) is 7.00. The number of para-hydroxylation sites is 1. The standard InChI is InChI=1S/C15H24N4/c1-14(2,3)16-10-15(4,5)11-19-13-9-7-6-8-12(13)17-18-19/h6-9,16H,10-11H2,1-5H3. The second kappa shape index (κ2) is 4.93. The molecule has 0 amide bonds. The highest BCUT2D eigenvalue weighted by Crippen LogP contribution is 2.20. The first kappa shape index (κ1) is 14.0. The van der Waals surface area contributed by atoms with Crippen LogP contribution in [0, 0.1) is 5.41 Å². The Labute approximate surface area is 115 Å². The minimum atomic E-state index is 0.129. The second-order valence-electron chi connectivity index (χ2n) is 7.00. The lowest BCUT2D eigenvalue weighted by Gasteiger charge is -2.30. The third-order valence-electron chi connectivity index (χ3n) is 3.10. The van der Waals surface area contributed by atoms with Gasteiger partial charge in [0.25, 0.3) is 0 Å². The molecule has 0 unspecified atom stereocenters. The van der Waals surface area contributed by atoms with Gasteiger partial charge in [0.2, 0.25) is 0 Å². The zero-order valence-corrected chi connectivity index (χ0v) is 12.6. The lowest BCUT2D eigenvalue weighted by molar-refractivity contribution is 0.248. The highest BCUT2D eigenvalue weighted by molar-refractivity contribution is 5.73. The van der Waals surface area contributed by atoms with Crippen molar-refractivity contribution in [2.24, 2.45) is 5.41 Å². The molecule has 1 N–H and O–H groups in total. The first-order chi connectivity index (χ1) is 8.77. The van der Waals surface area contributed by atoms with E-state index in [1.807, 2.05) is 22.9 Å². The lowest BCUT2D eigenvalue weighted by atomic mass is 9.92. The van der Waals surface area contributed by atoms with Gasteiger partial charge in [-0.15, -0.1) is 5.10 Å². The highest BCUT2D eigenvalue weighted by atomic mass is 15.4. The van der Waals surface area contributed by atoms with Crippen molar-refractivity contribution in [3.8, 4) is 0 Å². The van der Waals surface area contributed by atoms with E-state index in [0.29, 0.717) is 0 Å². The Balaban J connectivity index is 2.11. The number of nitrogens with zero attached hydrogens (tertiary/aromatic N) is 3. The minimum absolute atomic E-state index is 0.129. The van der Waals surface area contributed by atoms with E-state index in [2.05, 4.69) is 56.3 Å². The van der Waals surface area contributed by atoms with Crippen LogP contribution >= 0.6 is 0 Å². The van der Waals surface area contributed by atoms with Gasteiger partial charge in [-0.2, -0.15) is 0 Å². The van der Waals surface area contributed by atoms with Crippen LogP contribution in [0.4, 0.5) is 0 Å². The quantitative estimate of drug-likeness (QED) is 0.919. The Morgan fingerprint density at radius 2 is 1.79 bits per heavy atom. The number of hydrogen-bond acceptors (Lipinski definition) is 3. The van der Waals surface area contributed by atoms with Crippen LogP contribution in [0.15, 0.2) is 24.3 Å². The van der Waals surface area contributed by atoms with Gasteiger partial charge in [-0.25, -0.2) is 4.68 Å². The van der Waals surface area contributed by atoms with Crippen LogP contribution in [0.25, 0.3) is 11.0 Å². The SMILES string of the molecule is CC(C)(CNC(C)(C)C)Cn1nnc2ccccc21. The topological polar surface area (TPSA) is 42.7 Å². The summed E-state index contributed by atoms with van der Waals surface area (Å²) in [5.74, 6) is 0. The van der Waals surface area contributed by atoms with Crippen molar-refractivity contribution in [2.45, 2.75) is 46.7 Å². The fourth-order valence-electron chi connectivity index (χ4n) is 2.00. The molecule has 0 saturated heterocycles. The van der Waals surface area contributed by atoms with Crippen LogP contribution in [0.5, 0.6) is 0 Å². The van der Waals surface area contributed by atoms with E-state index in [4.69, 9.17) is 0 Å². The van der Waals surface area contributed by atoms with Gasteiger partial charge in [0.05, 0.1) is 5.52 Å². The zero-order chi connectivity index (χ0) is 14.1. The molecule has 2 aromatic rings. The van der Waals surface area contributed by atoms with Crippen LogP contribution in [-0.4, -0.2) is 27.1 Å². The van der Waals surface area contributed by atoms with Crippen molar-refractivity contribution in [1.82, 2.24) is 20.3 Å². The lowest BCUT2D eigenvalue weighted by Crippen LogP contribution is -2.43. The Hall–Kier alpha value is -1.42. The molecule has 0 fully saturated rings. The van der Waals surface area contributed by atoms with E-state index in [1.54, 1.807) is 0 Å². The Bertz CT molecular complexity index is 549. The van der Waals surface area contributed by atoms with Crippen LogP contribution in [0.3, 0.4) is 0 Å². The van der Waals surface area contributed by atoms with E-state index < -0.39 is 0 Å². The molecule has 104 valence electrons. The average molecular weight is 260 g/mol. The van der Waals surface area contributed by atoms with Crippen LogP contribution < -0.4 is 5.32 Å². The van der Waals surface area contributed by atoms with Gasteiger partial charge in [-0.3, -0.25) is 0 Å². The Kier molecular flexibility index (Phi) is 3.63. The van der Waals surface area contributed by atoms with Crippen molar-refractivity contribution in [2.75, 3.05) is 6.54 Å². The summed E-state index contributed by atoms with van der Waals surface area (Å²) in [5, 5.41) is 12.0. The number of rotatable bonds is 4. The molecular formula is C15H24N4. The molecule has 0 saturated carbocycles. The number of aromatic nitrogens is 3. The summed E-state index contributed by atoms with van der Waals surface area (Å²) in [5.41, 5.74) is 2.33. The van der Waals surface area contributed by atoms with Crippen molar-refractivity contribution in [3.05, 3.63) is 24.3 Å². The summed E-state index contributed by atoms with van der Waals surface area (Å²) in [4.78, 5) is 0. The van der Waals surface area contributed by atoms with Crippen molar-refractivity contribution in [1.29, 1.82) is 0 Å². The van der Waals surface area contributed by atoms with E-state index in [9.17, 15) is 0 Å². The van der Waals surface area contributed by atoms with Crippen LogP contribution in [-0.2, 0) is 6.54 Å². The van der Waals surface area contributed by atoms with Gasteiger partial charge in [0.1, 0.15) is 5.52 Å². The third-order valence-corrected chi connectivity index (χ3v) is 3.10. The molecule has 0 radical (unpaired) electrons. The molecule has 0 aliphatic carbocycles. The number of benzene rings is 1. The molecule has 0 spiro atoms. The van der Waals surface area contributed by atoms with E-state index >= 15 is 0 Å². The molecule has 1 heterocycles. The predicted molar refractivity (Wildman–Crippen MR) is 79.1 cm³/mol. The van der Waals surface area contributed by atoms with Crippen molar-refractivity contribution < 1.29 is 0 Å². The zero-order valence-electron chi connectivity index (χ0n) is 12.6. The summed E-state index contributed by atoms with van der Waals surface area (Å²) in [6, 6.07) is 8.10. The molecule has 1 aromatic carbocycles. The largest absolute Gasteiger partial charge is 0.311 e. The summed E-state index contributed by atoms with van der Waals surface area (Å²) in [6.07, 6.45) is 0. The highest BCUT2D eigenvalue weighted by Gasteiger charge is 2.22. The first-order valence-electron chi connectivity index (χ1n) is 6.80. The van der Waals surface area contributed by atoms with Crippen LogP contribution in [0.2, 0.25) is 0 Å². The predicted octanol–water partition coefficient (Wildman–Crippen LogP) is 2.85. The monoisotopic (exact) mass is 260 g/mol. The molecule has 0 atom stereocenters. The summed E-state index contributed by atoms with van der Waals surface area (Å²) >= 11 is 0. The Morgan fingerprint density at radius 3 is 2.47 bits per heavy atom. The minimum Gasteiger partial charge on any atom is -0.311 e. The van der Waals surface area contributed by atoms with Crippen LogP contribution in [0.1, 0.15) is 34.6 Å². The maximum absolute atomic E-state index is 4.26. The number of fused-ring (bicyclic) bond motifs is 1. The molecule has 0 bridgehead atoms. The molecular weight excluding hydrogens is 236 g/mol. The molecule has 4 heteroatoms. The van der Waals surface area contributed by atoms with Crippen molar-refractivity contribution in [3.63, 3.8) is 0 Å². The fraction of sp³-hybridized carbons (Fsp3) is 0.600. The number of hydrogen-bond donors (Lipinski definition) is 1.